The smallest absolute Gasteiger partial charge is 0.277 e. The van der Waals surface area contributed by atoms with E-state index in [1.165, 1.54) is 12.1 Å². The van der Waals surface area contributed by atoms with Crippen LogP contribution < -0.4 is 8.43 Å². The molecule has 0 aromatic heterocycles. The van der Waals surface area contributed by atoms with E-state index < -0.39 is 40.8 Å². The van der Waals surface area contributed by atoms with Gasteiger partial charge in [-0.15, -0.1) is 0 Å². The molecule has 2 rings (SSSR count). The van der Waals surface area contributed by atoms with Crippen molar-refractivity contribution in [3.8, 4) is 0 Å². The molecule has 0 bridgehead atoms. The van der Waals surface area contributed by atoms with Gasteiger partial charge in [0.1, 0.15) is 5.82 Å². The second-order valence-electron chi connectivity index (χ2n) is 5.34. The zero-order valence-corrected chi connectivity index (χ0v) is 16.1. The molecule has 0 aliphatic rings. The molecule has 2 aromatic rings. The summed E-state index contributed by atoms with van der Waals surface area (Å²) in [4.78, 5) is -0.414. The van der Waals surface area contributed by atoms with Crippen LogP contribution in [0.2, 0.25) is 0 Å². The summed E-state index contributed by atoms with van der Waals surface area (Å²) >= 11 is 0. The first-order chi connectivity index (χ1) is 11.8. The van der Waals surface area contributed by atoms with Crippen LogP contribution in [0.4, 0.5) is 15.8 Å². The first-order valence-corrected chi connectivity index (χ1v) is 12.1. The van der Waals surface area contributed by atoms with Gasteiger partial charge < -0.3 is 0 Å². The van der Waals surface area contributed by atoms with Crippen LogP contribution in [0, 0.1) is 5.82 Å². The summed E-state index contributed by atoms with van der Waals surface area (Å²) in [7, 11) is -12.4. The van der Waals surface area contributed by atoms with Gasteiger partial charge in [-0.05, 0) is 48.5 Å². The van der Waals surface area contributed by atoms with E-state index in [2.05, 4.69) is 4.72 Å². The molecule has 2 aromatic carbocycles. The van der Waals surface area contributed by atoms with Crippen LogP contribution in [0.3, 0.4) is 0 Å². The third kappa shape index (κ3) is 4.71. The third-order valence-corrected chi connectivity index (χ3v) is 7.35. The highest BCUT2D eigenvalue weighted by Crippen LogP contribution is 2.28. The Labute approximate surface area is 151 Å². The summed E-state index contributed by atoms with van der Waals surface area (Å²) in [6, 6.07) is 8.39. The van der Waals surface area contributed by atoms with Crippen molar-refractivity contribution in [2.24, 2.45) is 0 Å². The molecule has 8 nitrogen and oxygen atoms in total. The Morgan fingerprint density at radius 2 is 1.31 bits per heavy atom. The van der Waals surface area contributed by atoms with E-state index in [4.69, 9.17) is 0 Å². The number of nitrogens with zero attached hydrogens (tertiary/aromatic N) is 1. The number of hydrogen-bond donors (Lipinski definition) is 1. The van der Waals surface area contributed by atoms with Gasteiger partial charge in [0.05, 0.1) is 23.1 Å². The maximum absolute atomic E-state index is 13.0. The Kier molecular flexibility index (Phi) is 5.31. The van der Waals surface area contributed by atoms with E-state index in [0.29, 0.717) is 6.26 Å². The number of hydrogen-bond acceptors (Lipinski definition) is 6. The van der Waals surface area contributed by atoms with Crippen LogP contribution in [0.5, 0.6) is 0 Å². The zero-order valence-electron chi connectivity index (χ0n) is 13.6. The molecule has 0 amide bonds. The van der Waals surface area contributed by atoms with Gasteiger partial charge in [0, 0.05) is 5.69 Å². The van der Waals surface area contributed by atoms with Gasteiger partial charge in [-0.25, -0.2) is 29.6 Å². The molecule has 26 heavy (non-hydrogen) atoms. The summed E-state index contributed by atoms with van der Waals surface area (Å²) in [6.45, 7) is 0. The number of nitrogens with one attached hydrogen (secondary N) is 1. The highest BCUT2D eigenvalue weighted by Gasteiger charge is 2.32. The van der Waals surface area contributed by atoms with Crippen molar-refractivity contribution >= 4 is 41.4 Å². The summed E-state index contributed by atoms with van der Waals surface area (Å²) < 4.78 is 87.4. The number of halogens is 1. The Bertz CT molecular complexity index is 1110. The van der Waals surface area contributed by atoms with E-state index in [-0.39, 0.29) is 15.1 Å². The Morgan fingerprint density at radius 3 is 1.73 bits per heavy atom. The lowest BCUT2D eigenvalue weighted by Crippen LogP contribution is -2.36. The molecule has 0 heterocycles. The number of anilines is 2. The molecular weight excluding hydrogens is 407 g/mol. The van der Waals surface area contributed by atoms with Crippen molar-refractivity contribution in [2.45, 2.75) is 4.90 Å². The Balaban J connectivity index is 2.54. The SMILES string of the molecule is CS(=O)(=O)Nc1ccc(N(S(C)(=O)=O)S(=O)(=O)c2ccc(F)cc2)cc1. The molecule has 0 spiro atoms. The predicted molar refractivity (Wildman–Crippen MR) is 95.8 cm³/mol. The second kappa shape index (κ2) is 6.85. The quantitative estimate of drug-likeness (QED) is 0.751. The van der Waals surface area contributed by atoms with Gasteiger partial charge in [0.15, 0.2) is 0 Å². The standard InChI is InChI=1S/C14H15FN2O6S3/c1-24(18,19)16-12-5-7-13(8-6-12)17(25(2,20)21)26(22,23)14-9-3-11(15)4-10-14/h3-10,16H,1-2H3. The predicted octanol–water partition coefficient (Wildman–Crippen LogP) is 1.35. The van der Waals surface area contributed by atoms with Crippen LogP contribution in [-0.4, -0.2) is 37.8 Å². The first-order valence-electron chi connectivity index (χ1n) is 6.90. The third-order valence-electron chi connectivity index (χ3n) is 3.01. The molecule has 0 unspecified atom stereocenters. The minimum atomic E-state index is -4.54. The molecular formula is C14H15FN2O6S3. The fourth-order valence-electron chi connectivity index (χ4n) is 2.08. The first kappa shape index (κ1) is 20.1. The lowest BCUT2D eigenvalue weighted by atomic mass is 10.3. The molecule has 0 saturated heterocycles. The van der Waals surface area contributed by atoms with Crippen LogP contribution >= 0.6 is 0 Å². The molecule has 12 heteroatoms. The van der Waals surface area contributed by atoms with Crippen molar-refractivity contribution in [1.82, 2.24) is 0 Å². The fourth-order valence-corrected chi connectivity index (χ4v) is 5.90. The summed E-state index contributed by atoms with van der Waals surface area (Å²) in [6.07, 6.45) is 1.64. The zero-order chi connectivity index (χ0) is 19.8. The lowest BCUT2D eigenvalue weighted by Gasteiger charge is -2.22. The van der Waals surface area contributed by atoms with Gasteiger partial charge in [-0.1, -0.05) is 0 Å². The van der Waals surface area contributed by atoms with Crippen molar-refractivity contribution in [3.05, 3.63) is 54.3 Å². The molecule has 0 aliphatic carbocycles. The summed E-state index contributed by atoms with van der Waals surface area (Å²) in [5, 5.41) is 0. The maximum Gasteiger partial charge on any atom is 0.277 e. The molecule has 0 fully saturated rings. The number of benzene rings is 2. The number of rotatable bonds is 6. The van der Waals surface area contributed by atoms with E-state index in [9.17, 15) is 29.6 Å². The van der Waals surface area contributed by atoms with Gasteiger partial charge >= 0.3 is 0 Å². The lowest BCUT2D eigenvalue weighted by molar-refractivity contribution is 0.586. The average molecular weight is 422 g/mol. The van der Waals surface area contributed by atoms with Gasteiger partial charge in [0.2, 0.25) is 20.0 Å². The molecule has 0 radical (unpaired) electrons. The normalized spacial score (nSPS) is 12.6. The minimum absolute atomic E-state index is 0.129. The van der Waals surface area contributed by atoms with Gasteiger partial charge in [-0.3, -0.25) is 4.72 Å². The topological polar surface area (TPSA) is 118 Å². The van der Waals surface area contributed by atoms with Crippen molar-refractivity contribution < 1.29 is 29.6 Å². The van der Waals surface area contributed by atoms with Crippen molar-refractivity contribution in [3.63, 3.8) is 0 Å². The Morgan fingerprint density at radius 1 is 0.808 bits per heavy atom. The highest BCUT2D eigenvalue weighted by atomic mass is 32.3. The molecule has 0 atom stereocenters. The largest absolute Gasteiger partial charge is 0.284 e. The maximum atomic E-state index is 13.0. The highest BCUT2D eigenvalue weighted by molar-refractivity contribution is 8.10. The van der Waals surface area contributed by atoms with Crippen LogP contribution in [0.15, 0.2) is 53.4 Å². The second-order valence-corrected chi connectivity index (χ2v) is 10.9. The van der Waals surface area contributed by atoms with Crippen molar-refractivity contribution in [1.29, 1.82) is 0 Å². The molecule has 0 saturated carbocycles. The average Bonchev–Trinajstić information content (AvgIpc) is 2.46. The van der Waals surface area contributed by atoms with E-state index >= 15 is 0 Å². The fraction of sp³-hybridized carbons (Fsp3) is 0.143. The van der Waals surface area contributed by atoms with Gasteiger partial charge in [0.25, 0.3) is 10.0 Å². The van der Waals surface area contributed by atoms with Crippen LogP contribution in [0.1, 0.15) is 0 Å². The molecule has 1 N–H and O–H groups in total. The summed E-state index contributed by atoms with van der Waals surface area (Å²) in [5.74, 6) is -0.675. The van der Waals surface area contributed by atoms with E-state index in [1.54, 1.807) is 0 Å². The summed E-state index contributed by atoms with van der Waals surface area (Å²) in [5.41, 5.74) is -0.0974. The van der Waals surface area contributed by atoms with Crippen LogP contribution in [0.25, 0.3) is 0 Å². The molecule has 0 aliphatic heterocycles. The minimum Gasteiger partial charge on any atom is -0.284 e. The molecule has 142 valence electrons. The van der Waals surface area contributed by atoms with Crippen LogP contribution in [-0.2, 0) is 30.1 Å². The van der Waals surface area contributed by atoms with Gasteiger partial charge in [-0.2, -0.15) is 3.71 Å². The van der Waals surface area contributed by atoms with E-state index in [1.807, 2.05) is 0 Å². The monoisotopic (exact) mass is 422 g/mol. The van der Waals surface area contributed by atoms with Crippen molar-refractivity contribution in [2.75, 3.05) is 20.9 Å². The Hall–Kier alpha value is -2.18. The van der Waals surface area contributed by atoms with E-state index in [0.717, 1.165) is 42.7 Å². The number of sulfonamides is 3.